The average Bonchev–Trinajstić information content (AvgIpc) is 2.89. The largest absolute Gasteiger partial charge is 0.469 e. The highest BCUT2D eigenvalue weighted by atomic mass is 16.6. The van der Waals surface area contributed by atoms with Crippen molar-refractivity contribution in [3.05, 3.63) is 24.2 Å². The molecule has 2 aliphatic rings. The molecule has 0 N–H and O–H groups in total. The highest BCUT2D eigenvalue weighted by Crippen LogP contribution is 2.49. The molecule has 1 aliphatic heterocycles. The monoisotopic (exact) mass is 306 g/mol. The van der Waals surface area contributed by atoms with Crippen LogP contribution in [0.4, 0.5) is 4.79 Å². The Balaban J connectivity index is 1.64. The van der Waals surface area contributed by atoms with E-state index in [-0.39, 0.29) is 17.7 Å². The van der Waals surface area contributed by atoms with Crippen molar-refractivity contribution in [3.8, 4) is 0 Å². The summed E-state index contributed by atoms with van der Waals surface area (Å²) in [7, 11) is 0. The molecule has 6 nitrogen and oxygen atoms in total. The molecule has 2 unspecified atom stereocenters. The minimum Gasteiger partial charge on any atom is -0.469 e. The second-order valence-corrected chi connectivity index (χ2v) is 6.88. The van der Waals surface area contributed by atoms with Crippen molar-refractivity contribution in [1.29, 1.82) is 0 Å². The number of nitrogens with zero attached hydrogens (tertiary/aromatic N) is 2. The highest BCUT2D eigenvalue weighted by molar-refractivity contribution is 5.85. The lowest BCUT2D eigenvalue weighted by Gasteiger charge is -2.30. The zero-order chi connectivity index (χ0) is 15.9. The van der Waals surface area contributed by atoms with Crippen molar-refractivity contribution in [1.82, 2.24) is 10.0 Å². The molecule has 2 fully saturated rings. The molecular weight excluding hydrogens is 284 g/mol. The molecule has 0 spiro atoms. The number of hydrazine groups is 1. The van der Waals surface area contributed by atoms with Crippen molar-refractivity contribution in [2.24, 2.45) is 5.92 Å². The lowest BCUT2D eigenvalue weighted by molar-refractivity contribution is -0.144. The third kappa shape index (κ3) is 2.96. The lowest BCUT2D eigenvalue weighted by atomic mass is 10.2. The van der Waals surface area contributed by atoms with E-state index >= 15 is 0 Å². The Morgan fingerprint density at radius 2 is 2.00 bits per heavy atom. The molecule has 0 radical (unpaired) electrons. The average molecular weight is 306 g/mol. The van der Waals surface area contributed by atoms with Crippen molar-refractivity contribution in [2.75, 3.05) is 13.1 Å². The Hall–Kier alpha value is -1.98. The second kappa shape index (κ2) is 5.34. The van der Waals surface area contributed by atoms with Crippen LogP contribution in [0.25, 0.3) is 0 Å². The maximum Gasteiger partial charge on any atom is 0.429 e. The molecule has 22 heavy (non-hydrogen) atoms. The number of rotatable bonds is 2. The van der Waals surface area contributed by atoms with E-state index < -0.39 is 11.7 Å². The number of ether oxygens (including phenoxy) is 1. The number of amides is 2. The van der Waals surface area contributed by atoms with Crippen molar-refractivity contribution in [2.45, 2.75) is 45.1 Å². The molecule has 6 heteroatoms. The smallest absolute Gasteiger partial charge is 0.429 e. The molecule has 2 amide bonds. The minimum atomic E-state index is -0.565. The third-order valence-corrected chi connectivity index (χ3v) is 3.91. The Labute approximate surface area is 130 Å². The molecule has 0 aromatic carbocycles. The lowest BCUT2D eigenvalue weighted by Crippen LogP contribution is -2.47. The summed E-state index contributed by atoms with van der Waals surface area (Å²) in [4.78, 5) is 24.8. The molecule has 1 saturated carbocycles. The Morgan fingerprint density at radius 1 is 1.27 bits per heavy atom. The zero-order valence-electron chi connectivity index (χ0n) is 13.2. The van der Waals surface area contributed by atoms with Crippen LogP contribution >= 0.6 is 0 Å². The maximum absolute atomic E-state index is 12.6. The van der Waals surface area contributed by atoms with Crippen molar-refractivity contribution >= 4 is 12.0 Å². The van der Waals surface area contributed by atoms with Gasteiger partial charge >= 0.3 is 6.09 Å². The van der Waals surface area contributed by atoms with E-state index in [1.165, 1.54) is 5.01 Å². The van der Waals surface area contributed by atoms with E-state index in [0.717, 1.165) is 18.6 Å². The zero-order valence-corrected chi connectivity index (χ0v) is 13.2. The maximum atomic E-state index is 12.6. The summed E-state index contributed by atoms with van der Waals surface area (Å²) in [5, 5.41) is 2.98. The van der Waals surface area contributed by atoms with Gasteiger partial charge in [-0.1, -0.05) is 0 Å². The molecule has 2 atom stereocenters. The summed E-state index contributed by atoms with van der Waals surface area (Å²) in [6.45, 7) is 6.56. The normalized spacial score (nSPS) is 24.5. The summed E-state index contributed by atoms with van der Waals surface area (Å²) in [5.41, 5.74) is -0.565. The summed E-state index contributed by atoms with van der Waals surface area (Å²) in [6, 6.07) is 3.73. The number of carbonyl (C=O) groups excluding carboxylic acids is 2. The van der Waals surface area contributed by atoms with Gasteiger partial charge in [0.2, 0.25) is 5.91 Å². The summed E-state index contributed by atoms with van der Waals surface area (Å²) in [5.74, 6) is 0.892. The van der Waals surface area contributed by atoms with E-state index in [9.17, 15) is 9.59 Å². The van der Waals surface area contributed by atoms with Crippen LogP contribution in [0.1, 0.15) is 45.3 Å². The highest BCUT2D eigenvalue weighted by Gasteiger charge is 2.50. The number of hydrogen-bond acceptors (Lipinski definition) is 4. The van der Waals surface area contributed by atoms with Gasteiger partial charge in [0.1, 0.15) is 11.4 Å². The van der Waals surface area contributed by atoms with Crippen LogP contribution in [0, 0.1) is 5.92 Å². The van der Waals surface area contributed by atoms with Crippen molar-refractivity contribution < 1.29 is 18.7 Å². The molecule has 0 bridgehead atoms. The van der Waals surface area contributed by atoms with Crippen LogP contribution in [-0.2, 0) is 9.53 Å². The van der Waals surface area contributed by atoms with Gasteiger partial charge in [-0.05, 0) is 45.7 Å². The fourth-order valence-electron chi connectivity index (χ4n) is 2.82. The van der Waals surface area contributed by atoms with Gasteiger partial charge in [0.25, 0.3) is 0 Å². The Bertz CT molecular complexity index is 561. The predicted molar refractivity (Wildman–Crippen MR) is 78.8 cm³/mol. The first-order valence-corrected chi connectivity index (χ1v) is 7.72. The fourth-order valence-corrected chi connectivity index (χ4v) is 2.82. The first-order chi connectivity index (χ1) is 10.4. The quantitative estimate of drug-likeness (QED) is 0.843. The van der Waals surface area contributed by atoms with Gasteiger partial charge in [-0.15, -0.1) is 0 Å². The molecular formula is C16H22N2O4. The first-order valence-electron chi connectivity index (χ1n) is 7.72. The molecule has 3 rings (SSSR count). The van der Waals surface area contributed by atoms with Gasteiger partial charge in [-0.2, -0.15) is 0 Å². The van der Waals surface area contributed by atoms with Crippen LogP contribution in [-0.4, -0.2) is 40.7 Å². The van der Waals surface area contributed by atoms with Gasteiger partial charge in [-0.25, -0.2) is 14.8 Å². The van der Waals surface area contributed by atoms with Gasteiger partial charge in [-0.3, -0.25) is 4.79 Å². The number of carbonyl (C=O) groups is 2. The number of hydrogen-bond donors (Lipinski definition) is 0. The molecule has 1 aromatic heterocycles. The van der Waals surface area contributed by atoms with Gasteiger partial charge in [0, 0.05) is 19.0 Å². The van der Waals surface area contributed by atoms with E-state index in [2.05, 4.69) is 0 Å². The van der Waals surface area contributed by atoms with Gasteiger partial charge < -0.3 is 9.15 Å². The van der Waals surface area contributed by atoms with E-state index in [1.807, 2.05) is 32.9 Å². The van der Waals surface area contributed by atoms with E-state index in [1.54, 1.807) is 11.3 Å². The molecule has 1 aliphatic carbocycles. The molecule has 2 heterocycles. The summed E-state index contributed by atoms with van der Waals surface area (Å²) >= 11 is 0. The third-order valence-electron chi connectivity index (χ3n) is 3.91. The number of furan rings is 1. The standard InChI is InChI=1S/C16H22N2O4/c1-16(2,3)22-15(20)18-8-5-7-17(18)14(19)12-10-11(12)13-6-4-9-21-13/h4,6,9,11-12H,5,7-8,10H2,1-3H3. The van der Waals surface area contributed by atoms with Crippen LogP contribution in [0.5, 0.6) is 0 Å². The van der Waals surface area contributed by atoms with Crippen LogP contribution in [0.15, 0.2) is 22.8 Å². The van der Waals surface area contributed by atoms with E-state index in [4.69, 9.17) is 9.15 Å². The van der Waals surface area contributed by atoms with Crippen LogP contribution in [0.3, 0.4) is 0 Å². The molecule has 1 aromatic rings. The SMILES string of the molecule is CC(C)(C)OC(=O)N1CCCN1C(=O)C1CC1c1ccco1. The summed E-state index contributed by atoms with van der Waals surface area (Å²) in [6.07, 6.45) is 2.74. The van der Waals surface area contributed by atoms with Gasteiger partial charge in [0.15, 0.2) is 0 Å². The first kappa shape index (κ1) is 14.9. The van der Waals surface area contributed by atoms with Gasteiger partial charge in [0.05, 0.1) is 12.2 Å². The second-order valence-electron chi connectivity index (χ2n) is 6.88. The predicted octanol–water partition coefficient (Wildman–Crippen LogP) is 2.77. The summed E-state index contributed by atoms with van der Waals surface area (Å²) < 4.78 is 10.7. The van der Waals surface area contributed by atoms with Crippen LogP contribution < -0.4 is 0 Å². The molecule has 120 valence electrons. The Morgan fingerprint density at radius 3 is 2.64 bits per heavy atom. The molecule has 1 saturated heterocycles. The van der Waals surface area contributed by atoms with Crippen LogP contribution in [0.2, 0.25) is 0 Å². The van der Waals surface area contributed by atoms with Crippen molar-refractivity contribution in [3.63, 3.8) is 0 Å². The fraction of sp³-hybridized carbons (Fsp3) is 0.625. The van der Waals surface area contributed by atoms with E-state index in [0.29, 0.717) is 13.1 Å². The Kier molecular flexibility index (Phi) is 3.62. The topological polar surface area (TPSA) is 63.0 Å². The minimum absolute atomic E-state index is 0.00948.